The van der Waals surface area contributed by atoms with Gasteiger partial charge in [0.15, 0.2) is 0 Å². The van der Waals surface area contributed by atoms with Crippen LogP contribution in [0.5, 0.6) is 0 Å². The van der Waals surface area contributed by atoms with Crippen LogP contribution in [0.15, 0.2) is 23.1 Å². The fourth-order valence-electron chi connectivity index (χ4n) is 1.89. The maximum Gasteiger partial charge on any atom is 0.304 e. The van der Waals surface area contributed by atoms with Gasteiger partial charge in [-0.05, 0) is 44.5 Å². The molecule has 0 fully saturated rings. The Bertz CT molecular complexity index is 598. The smallest absolute Gasteiger partial charge is 0.304 e. The van der Waals surface area contributed by atoms with Crippen LogP contribution in [0, 0.1) is 6.92 Å². The largest absolute Gasteiger partial charge is 0.481 e. The van der Waals surface area contributed by atoms with Gasteiger partial charge in [-0.2, -0.15) is 4.31 Å². The van der Waals surface area contributed by atoms with E-state index in [2.05, 4.69) is 0 Å². The van der Waals surface area contributed by atoms with Crippen LogP contribution in [0.4, 0.5) is 0 Å². The second kappa shape index (κ2) is 6.56. The molecule has 1 aromatic rings. The van der Waals surface area contributed by atoms with Crippen LogP contribution in [-0.2, 0) is 14.8 Å². The number of aryl methyl sites for hydroxylation is 1. The zero-order chi connectivity index (χ0) is 15.5. The molecule has 0 radical (unpaired) electrons. The highest BCUT2D eigenvalue weighted by Crippen LogP contribution is 2.24. The topological polar surface area (TPSA) is 74.7 Å². The Morgan fingerprint density at radius 1 is 1.40 bits per heavy atom. The third kappa shape index (κ3) is 3.94. The zero-order valence-electron chi connectivity index (χ0n) is 11.6. The van der Waals surface area contributed by atoms with Crippen LogP contribution in [0.3, 0.4) is 0 Å². The molecule has 0 heterocycles. The van der Waals surface area contributed by atoms with Crippen molar-refractivity contribution in [1.82, 2.24) is 4.31 Å². The number of carbonyl (C=O) groups is 1. The van der Waals surface area contributed by atoms with Gasteiger partial charge in [-0.15, -0.1) is 0 Å². The summed E-state index contributed by atoms with van der Waals surface area (Å²) >= 11 is 5.83. The first-order chi connectivity index (χ1) is 9.16. The van der Waals surface area contributed by atoms with Crippen molar-refractivity contribution in [3.8, 4) is 0 Å². The van der Waals surface area contributed by atoms with Crippen molar-refractivity contribution < 1.29 is 18.3 Å². The third-order valence-corrected chi connectivity index (χ3v) is 5.32. The number of carboxylic acids is 1. The molecule has 7 heteroatoms. The number of aliphatic carboxylic acids is 1. The number of sulfonamides is 1. The molecule has 1 aromatic carbocycles. The Morgan fingerprint density at radius 3 is 2.45 bits per heavy atom. The molecule has 0 aromatic heterocycles. The minimum Gasteiger partial charge on any atom is -0.481 e. The monoisotopic (exact) mass is 319 g/mol. The van der Waals surface area contributed by atoms with E-state index in [4.69, 9.17) is 16.7 Å². The summed E-state index contributed by atoms with van der Waals surface area (Å²) in [5.41, 5.74) is 0.540. The van der Waals surface area contributed by atoms with Crippen LogP contribution in [0.1, 0.15) is 25.8 Å². The predicted octanol–water partition coefficient (Wildman–Crippen LogP) is 2.52. The third-order valence-electron chi connectivity index (χ3n) is 2.85. The van der Waals surface area contributed by atoms with E-state index in [9.17, 15) is 13.2 Å². The van der Waals surface area contributed by atoms with Gasteiger partial charge < -0.3 is 5.11 Å². The quantitative estimate of drug-likeness (QED) is 0.874. The Hall–Kier alpha value is -1.11. The highest BCUT2D eigenvalue weighted by Gasteiger charge is 2.28. The highest BCUT2D eigenvalue weighted by molar-refractivity contribution is 7.89. The van der Waals surface area contributed by atoms with Gasteiger partial charge in [-0.1, -0.05) is 11.6 Å². The first-order valence-corrected chi connectivity index (χ1v) is 7.98. The molecule has 0 saturated carbocycles. The number of benzene rings is 1. The zero-order valence-corrected chi connectivity index (χ0v) is 13.2. The van der Waals surface area contributed by atoms with Crippen LogP contribution >= 0.6 is 11.6 Å². The summed E-state index contributed by atoms with van der Waals surface area (Å²) in [6.45, 7) is 5.03. The first kappa shape index (κ1) is 16.9. The molecule has 0 aliphatic heterocycles. The van der Waals surface area contributed by atoms with E-state index in [-0.39, 0.29) is 23.9 Å². The maximum atomic E-state index is 12.6. The average molecular weight is 320 g/mol. The van der Waals surface area contributed by atoms with Crippen molar-refractivity contribution in [1.29, 1.82) is 0 Å². The van der Waals surface area contributed by atoms with E-state index < -0.39 is 16.0 Å². The summed E-state index contributed by atoms with van der Waals surface area (Å²) in [6, 6.07) is 4.21. The SMILES string of the molecule is Cc1cc(Cl)ccc1S(=O)(=O)N(CCC(=O)O)C(C)C. The van der Waals surface area contributed by atoms with E-state index in [0.717, 1.165) is 0 Å². The second-order valence-corrected chi connectivity index (χ2v) is 7.06. The lowest BCUT2D eigenvalue weighted by molar-refractivity contribution is -0.137. The van der Waals surface area contributed by atoms with Gasteiger partial charge >= 0.3 is 5.97 Å². The van der Waals surface area contributed by atoms with Crippen molar-refractivity contribution in [2.75, 3.05) is 6.54 Å². The van der Waals surface area contributed by atoms with E-state index >= 15 is 0 Å². The summed E-state index contributed by atoms with van der Waals surface area (Å²) in [6.07, 6.45) is -0.232. The van der Waals surface area contributed by atoms with Crippen molar-refractivity contribution in [2.24, 2.45) is 0 Å². The fourth-order valence-corrected chi connectivity index (χ4v) is 3.96. The number of hydrogen-bond acceptors (Lipinski definition) is 3. The van der Waals surface area contributed by atoms with Crippen molar-refractivity contribution in [2.45, 2.75) is 38.1 Å². The molecule has 1 rings (SSSR count). The standard InChI is InChI=1S/C13H18ClNO4S/c1-9(2)15(7-6-13(16)17)20(18,19)12-5-4-11(14)8-10(12)3/h4-5,8-9H,6-7H2,1-3H3,(H,16,17). The highest BCUT2D eigenvalue weighted by atomic mass is 35.5. The van der Waals surface area contributed by atoms with Gasteiger partial charge in [-0.25, -0.2) is 8.42 Å². The molecule has 0 unspecified atom stereocenters. The molecule has 20 heavy (non-hydrogen) atoms. The van der Waals surface area contributed by atoms with Gasteiger partial charge in [0.2, 0.25) is 10.0 Å². The van der Waals surface area contributed by atoms with Gasteiger partial charge in [0.05, 0.1) is 11.3 Å². The Balaban J connectivity index is 3.19. The lowest BCUT2D eigenvalue weighted by atomic mass is 10.2. The number of nitrogens with zero attached hydrogens (tertiary/aromatic N) is 1. The van der Waals surface area contributed by atoms with E-state index in [1.807, 2.05) is 0 Å². The average Bonchev–Trinajstić information content (AvgIpc) is 2.26. The number of halogens is 1. The number of hydrogen-bond donors (Lipinski definition) is 1. The summed E-state index contributed by atoms with van der Waals surface area (Å²) in [7, 11) is -3.73. The van der Waals surface area contributed by atoms with Gasteiger partial charge in [-0.3, -0.25) is 4.79 Å². The van der Waals surface area contributed by atoms with Gasteiger partial charge in [0, 0.05) is 17.6 Å². The van der Waals surface area contributed by atoms with Crippen molar-refractivity contribution in [3.05, 3.63) is 28.8 Å². The molecule has 0 atom stereocenters. The van der Waals surface area contributed by atoms with Crippen LogP contribution in [0.2, 0.25) is 5.02 Å². The number of carboxylic acid groups (broad SMARTS) is 1. The molecule has 1 N–H and O–H groups in total. The normalized spacial score (nSPS) is 12.1. The summed E-state index contributed by atoms with van der Waals surface area (Å²) in [4.78, 5) is 10.8. The summed E-state index contributed by atoms with van der Waals surface area (Å²) in [5.74, 6) is -1.03. The predicted molar refractivity (Wildman–Crippen MR) is 77.5 cm³/mol. The van der Waals surface area contributed by atoms with Crippen LogP contribution in [0.25, 0.3) is 0 Å². The maximum absolute atomic E-state index is 12.6. The molecule has 5 nitrogen and oxygen atoms in total. The van der Waals surface area contributed by atoms with E-state index in [1.54, 1.807) is 26.8 Å². The van der Waals surface area contributed by atoms with Crippen LogP contribution < -0.4 is 0 Å². The molecule has 0 saturated heterocycles. The minimum absolute atomic E-state index is 0.0581. The van der Waals surface area contributed by atoms with Crippen LogP contribution in [-0.4, -0.2) is 36.4 Å². The molecule has 0 aliphatic rings. The lowest BCUT2D eigenvalue weighted by Gasteiger charge is -2.26. The molecule has 0 spiro atoms. The van der Waals surface area contributed by atoms with Crippen molar-refractivity contribution >= 4 is 27.6 Å². The van der Waals surface area contributed by atoms with Crippen molar-refractivity contribution in [3.63, 3.8) is 0 Å². The molecular formula is C13H18ClNO4S. The summed E-state index contributed by atoms with van der Waals surface area (Å²) in [5, 5.41) is 9.19. The Labute approximate surface area is 124 Å². The molecule has 0 amide bonds. The molecular weight excluding hydrogens is 302 g/mol. The Kier molecular flexibility index (Phi) is 5.56. The molecule has 0 bridgehead atoms. The summed E-state index contributed by atoms with van der Waals surface area (Å²) < 4.78 is 26.4. The lowest BCUT2D eigenvalue weighted by Crippen LogP contribution is -2.38. The fraction of sp³-hybridized carbons (Fsp3) is 0.462. The number of rotatable bonds is 6. The van der Waals surface area contributed by atoms with Gasteiger partial charge in [0.25, 0.3) is 0 Å². The molecule has 0 aliphatic carbocycles. The Morgan fingerprint density at radius 2 is 2.00 bits per heavy atom. The first-order valence-electron chi connectivity index (χ1n) is 6.16. The second-order valence-electron chi connectivity index (χ2n) is 4.76. The van der Waals surface area contributed by atoms with Gasteiger partial charge in [0.1, 0.15) is 0 Å². The molecule has 112 valence electrons. The van der Waals surface area contributed by atoms with E-state index in [0.29, 0.717) is 10.6 Å². The minimum atomic E-state index is -3.73. The van der Waals surface area contributed by atoms with E-state index in [1.165, 1.54) is 16.4 Å².